The molecule has 0 fully saturated rings. The minimum Gasteiger partial charge on any atom is -0.325 e. The molecule has 0 spiro atoms. The number of nitrogens with one attached hydrogen (secondary N) is 1. The summed E-state index contributed by atoms with van der Waals surface area (Å²) >= 11 is 1.07. The molecule has 1 aromatic heterocycles. The van der Waals surface area contributed by atoms with Crippen molar-refractivity contribution >= 4 is 33.0 Å². The number of halogens is 2. The van der Waals surface area contributed by atoms with Gasteiger partial charge in [-0.15, -0.1) is 11.3 Å². The highest BCUT2D eigenvalue weighted by atomic mass is 32.2. The number of hydrogen-bond donors (Lipinski definition) is 1. The third kappa shape index (κ3) is 3.81. The van der Waals surface area contributed by atoms with Crippen LogP contribution in [0, 0.1) is 11.6 Å². The summed E-state index contributed by atoms with van der Waals surface area (Å²) in [5.41, 5.74) is 1.75. The highest BCUT2D eigenvalue weighted by Crippen LogP contribution is 2.31. The first kappa shape index (κ1) is 19.7. The van der Waals surface area contributed by atoms with Crippen molar-refractivity contribution in [2.45, 2.75) is 23.2 Å². The van der Waals surface area contributed by atoms with E-state index in [2.05, 4.69) is 5.32 Å². The summed E-state index contributed by atoms with van der Waals surface area (Å²) in [5.74, 6) is -2.73. The summed E-state index contributed by atoms with van der Waals surface area (Å²) in [6.07, 6.45) is 0.177. The van der Waals surface area contributed by atoms with Gasteiger partial charge in [-0.2, -0.15) is 4.31 Å². The van der Waals surface area contributed by atoms with Gasteiger partial charge in [0.2, 0.25) is 5.91 Å². The first-order chi connectivity index (χ1) is 13.9. The minimum absolute atomic E-state index is 0.0479. The van der Waals surface area contributed by atoms with Crippen LogP contribution in [0.2, 0.25) is 0 Å². The van der Waals surface area contributed by atoms with Crippen LogP contribution < -0.4 is 5.32 Å². The molecule has 0 aliphatic carbocycles. The topological polar surface area (TPSA) is 66.5 Å². The predicted molar refractivity (Wildman–Crippen MR) is 106 cm³/mol. The Hall–Kier alpha value is -2.62. The lowest BCUT2D eigenvalue weighted by Crippen LogP contribution is -2.50. The van der Waals surface area contributed by atoms with Crippen LogP contribution in [0.15, 0.2) is 64.2 Å². The molecule has 1 amide bonds. The Labute approximate surface area is 170 Å². The number of sulfonamides is 1. The van der Waals surface area contributed by atoms with Crippen molar-refractivity contribution in [3.63, 3.8) is 0 Å². The number of amides is 1. The van der Waals surface area contributed by atoms with Crippen molar-refractivity contribution in [3.8, 4) is 0 Å². The van der Waals surface area contributed by atoms with Crippen LogP contribution in [-0.4, -0.2) is 24.7 Å². The SMILES string of the molecule is O=C(Nc1ccc(F)c(F)c1)C1Cc2ccccc2CN1S(=O)(=O)c1cccs1. The number of benzene rings is 2. The Morgan fingerprint density at radius 1 is 1.03 bits per heavy atom. The standard InChI is InChI=1S/C20H16F2N2O3S2/c21-16-8-7-15(11-17(16)22)23-20(25)18-10-13-4-1-2-5-14(13)12-24(18)29(26,27)19-6-3-9-28-19/h1-9,11,18H,10,12H2,(H,23,25). The van der Waals surface area contributed by atoms with E-state index >= 15 is 0 Å². The van der Waals surface area contributed by atoms with Gasteiger partial charge in [0.15, 0.2) is 11.6 Å². The summed E-state index contributed by atoms with van der Waals surface area (Å²) in [7, 11) is -3.91. The molecule has 150 valence electrons. The predicted octanol–water partition coefficient (Wildman–Crippen LogP) is 3.78. The van der Waals surface area contributed by atoms with Crippen molar-refractivity contribution in [1.82, 2.24) is 4.31 Å². The summed E-state index contributed by atoms with van der Waals surface area (Å²) in [4.78, 5) is 13.0. The lowest BCUT2D eigenvalue weighted by Gasteiger charge is -2.34. The molecule has 1 aliphatic heterocycles. The zero-order valence-electron chi connectivity index (χ0n) is 15.0. The van der Waals surface area contributed by atoms with Gasteiger partial charge >= 0.3 is 0 Å². The van der Waals surface area contributed by atoms with Crippen LogP contribution in [0.4, 0.5) is 14.5 Å². The van der Waals surface area contributed by atoms with Gasteiger partial charge in [-0.3, -0.25) is 4.79 Å². The number of anilines is 1. The fourth-order valence-corrected chi connectivity index (χ4v) is 5.99. The quantitative estimate of drug-likeness (QED) is 0.680. The molecule has 0 radical (unpaired) electrons. The van der Waals surface area contributed by atoms with Crippen molar-refractivity contribution in [2.75, 3.05) is 5.32 Å². The van der Waals surface area contributed by atoms with Crippen LogP contribution in [-0.2, 0) is 27.8 Å². The Bertz CT molecular complexity index is 1160. The fraction of sp³-hybridized carbons (Fsp3) is 0.150. The van der Waals surface area contributed by atoms with Gasteiger partial charge in [-0.05, 0) is 41.1 Å². The summed E-state index contributed by atoms with van der Waals surface area (Å²) < 4.78 is 54.3. The molecule has 3 aromatic rings. The van der Waals surface area contributed by atoms with E-state index in [1.165, 1.54) is 12.1 Å². The number of rotatable bonds is 4. The Morgan fingerprint density at radius 3 is 2.48 bits per heavy atom. The number of fused-ring (bicyclic) bond motifs is 1. The lowest BCUT2D eigenvalue weighted by molar-refractivity contribution is -0.120. The van der Waals surface area contributed by atoms with E-state index in [0.717, 1.165) is 38.9 Å². The van der Waals surface area contributed by atoms with E-state index in [-0.39, 0.29) is 22.9 Å². The molecule has 1 unspecified atom stereocenters. The van der Waals surface area contributed by atoms with Crippen LogP contribution in [0.5, 0.6) is 0 Å². The average molecular weight is 434 g/mol. The zero-order chi connectivity index (χ0) is 20.6. The molecule has 1 N–H and O–H groups in total. The van der Waals surface area contributed by atoms with Crippen LogP contribution in [0.3, 0.4) is 0 Å². The van der Waals surface area contributed by atoms with Crippen molar-refractivity contribution in [2.24, 2.45) is 0 Å². The normalized spacial score (nSPS) is 17.0. The van der Waals surface area contributed by atoms with Gasteiger partial charge in [0, 0.05) is 18.3 Å². The molecule has 0 bridgehead atoms. The molecule has 2 aromatic carbocycles. The van der Waals surface area contributed by atoms with Crippen molar-refractivity contribution in [3.05, 3.63) is 82.7 Å². The number of carbonyl (C=O) groups is 1. The van der Waals surface area contributed by atoms with Gasteiger partial charge in [0.1, 0.15) is 10.3 Å². The Morgan fingerprint density at radius 2 is 1.79 bits per heavy atom. The monoisotopic (exact) mass is 434 g/mol. The Kier molecular flexibility index (Phi) is 5.20. The van der Waals surface area contributed by atoms with Crippen molar-refractivity contribution in [1.29, 1.82) is 0 Å². The summed E-state index contributed by atoms with van der Waals surface area (Å²) in [6.45, 7) is 0.0479. The second kappa shape index (κ2) is 7.66. The average Bonchev–Trinajstić information content (AvgIpc) is 3.25. The maximum Gasteiger partial charge on any atom is 0.253 e. The molecule has 29 heavy (non-hydrogen) atoms. The van der Waals surface area contributed by atoms with Gasteiger partial charge in [0.05, 0.1) is 0 Å². The van der Waals surface area contributed by atoms with Gasteiger partial charge in [0.25, 0.3) is 10.0 Å². The zero-order valence-corrected chi connectivity index (χ0v) is 16.6. The minimum atomic E-state index is -3.91. The molecule has 0 saturated carbocycles. The van der Waals surface area contributed by atoms with Crippen LogP contribution >= 0.6 is 11.3 Å². The maximum atomic E-state index is 13.5. The van der Waals surface area contributed by atoms with E-state index < -0.39 is 33.6 Å². The van der Waals surface area contributed by atoms with Crippen molar-refractivity contribution < 1.29 is 22.0 Å². The molecule has 2 heterocycles. The third-order valence-corrected chi connectivity index (χ3v) is 7.98. The lowest BCUT2D eigenvalue weighted by atomic mass is 9.95. The van der Waals surface area contributed by atoms with E-state index in [4.69, 9.17) is 0 Å². The van der Waals surface area contributed by atoms with E-state index in [9.17, 15) is 22.0 Å². The van der Waals surface area contributed by atoms with Gasteiger partial charge in [-0.1, -0.05) is 30.3 Å². The molecule has 4 rings (SSSR count). The van der Waals surface area contributed by atoms with Gasteiger partial charge in [-0.25, -0.2) is 17.2 Å². The molecule has 1 aliphatic rings. The highest BCUT2D eigenvalue weighted by Gasteiger charge is 2.40. The summed E-state index contributed by atoms with van der Waals surface area (Å²) in [5, 5.41) is 4.16. The molecule has 5 nitrogen and oxygen atoms in total. The first-order valence-electron chi connectivity index (χ1n) is 8.74. The molecular formula is C20H16F2N2O3S2. The maximum absolute atomic E-state index is 13.5. The molecule has 0 saturated heterocycles. The first-order valence-corrected chi connectivity index (χ1v) is 11.1. The highest BCUT2D eigenvalue weighted by molar-refractivity contribution is 7.91. The fourth-order valence-electron chi connectivity index (χ4n) is 3.30. The number of nitrogens with zero attached hydrogens (tertiary/aromatic N) is 1. The molecule has 9 heteroatoms. The smallest absolute Gasteiger partial charge is 0.253 e. The number of hydrogen-bond acceptors (Lipinski definition) is 4. The largest absolute Gasteiger partial charge is 0.325 e. The van der Waals surface area contributed by atoms with E-state index in [1.807, 2.05) is 24.3 Å². The second-order valence-electron chi connectivity index (χ2n) is 6.59. The molecule has 1 atom stereocenters. The van der Waals surface area contributed by atoms with Crippen LogP contribution in [0.1, 0.15) is 11.1 Å². The summed E-state index contributed by atoms with van der Waals surface area (Å²) in [6, 6.07) is 12.4. The number of thiophene rings is 1. The van der Waals surface area contributed by atoms with E-state index in [1.54, 1.807) is 11.4 Å². The van der Waals surface area contributed by atoms with Crippen LogP contribution in [0.25, 0.3) is 0 Å². The second-order valence-corrected chi connectivity index (χ2v) is 9.65. The van der Waals surface area contributed by atoms with Gasteiger partial charge < -0.3 is 5.32 Å². The molecular weight excluding hydrogens is 418 g/mol. The Balaban J connectivity index is 1.69. The third-order valence-electron chi connectivity index (χ3n) is 4.75. The number of carbonyl (C=O) groups excluding carboxylic acids is 1. The van der Waals surface area contributed by atoms with E-state index in [0.29, 0.717) is 0 Å².